The van der Waals surface area contributed by atoms with Gasteiger partial charge in [0.2, 0.25) is 0 Å². The Labute approximate surface area is 137 Å². The summed E-state index contributed by atoms with van der Waals surface area (Å²) >= 11 is 1.70. The maximum absolute atomic E-state index is 12.1. The minimum Gasteiger partial charge on any atom is -0.365 e. The van der Waals surface area contributed by atoms with Crippen LogP contribution in [-0.2, 0) is 0 Å². The second-order valence-electron chi connectivity index (χ2n) is 5.87. The molecule has 0 bridgehead atoms. The van der Waals surface area contributed by atoms with Gasteiger partial charge in [0.15, 0.2) is 0 Å². The van der Waals surface area contributed by atoms with Crippen LogP contribution in [0.2, 0.25) is 0 Å². The molecule has 3 rings (SSSR count). The van der Waals surface area contributed by atoms with Crippen LogP contribution < -0.4 is 16.6 Å². The number of benzene rings is 1. The number of nitrogens with zero attached hydrogens (tertiary/aromatic N) is 1. The van der Waals surface area contributed by atoms with Gasteiger partial charge in [0.25, 0.3) is 5.56 Å². The number of nitrogens with one attached hydrogen (secondary N) is 2. The molecule has 5 nitrogen and oxygen atoms in total. The number of aromatic nitrogens is 2. The van der Waals surface area contributed by atoms with Gasteiger partial charge in [-0.15, -0.1) is 11.3 Å². The van der Waals surface area contributed by atoms with Crippen molar-refractivity contribution in [3.05, 3.63) is 62.1 Å². The van der Waals surface area contributed by atoms with Crippen molar-refractivity contribution in [2.75, 3.05) is 5.32 Å². The molecule has 0 radical (unpaired) electrons. The summed E-state index contributed by atoms with van der Waals surface area (Å²) in [5, 5.41) is 6.48. The largest absolute Gasteiger partial charge is 0.365 e. The average Bonchev–Trinajstić information content (AvgIpc) is 2.93. The SMILES string of the molecule is CC(C)n1c(=O)cc(N[C@@H](C)c2ccc3ccsc3c2)[nH]c1=O. The molecule has 1 atom stereocenters. The first kappa shape index (κ1) is 15.6. The van der Waals surface area contributed by atoms with Crippen molar-refractivity contribution < 1.29 is 0 Å². The number of rotatable bonds is 4. The van der Waals surface area contributed by atoms with Crippen molar-refractivity contribution in [3.63, 3.8) is 0 Å². The van der Waals surface area contributed by atoms with Crippen molar-refractivity contribution in [1.82, 2.24) is 9.55 Å². The van der Waals surface area contributed by atoms with Gasteiger partial charge >= 0.3 is 5.69 Å². The summed E-state index contributed by atoms with van der Waals surface area (Å²) in [5.41, 5.74) is 0.414. The van der Waals surface area contributed by atoms with Crippen molar-refractivity contribution in [3.8, 4) is 0 Å². The highest BCUT2D eigenvalue weighted by Gasteiger charge is 2.11. The molecule has 6 heteroatoms. The Morgan fingerprint density at radius 3 is 2.61 bits per heavy atom. The molecule has 0 saturated heterocycles. The maximum Gasteiger partial charge on any atom is 0.330 e. The highest BCUT2D eigenvalue weighted by Crippen LogP contribution is 2.25. The molecule has 3 aromatic rings. The first-order valence-corrected chi connectivity index (χ1v) is 8.43. The van der Waals surface area contributed by atoms with E-state index in [9.17, 15) is 9.59 Å². The van der Waals surface area contributed by atoms with Crippen LogP contribution in [0.4, 0.5) is 5.82 Å². The molecular weight excluding hydrogens is 310 g/mol. The third-order valence-electron chi connectivity index (χ3n) is 3.83. The third kappa shape index (κ3) is 3.07. The normalized spacial score (nSPS) is 12.7. The van der Waals surface area contributed by atoms with E-state index >= 15 is 0 Å². The van der Waals surface area contributed by atoms with Crippen LogP contribution in [0.15, 0.2) is 45.3 Å². The number of hydrogen-bond acceptors (Lipinski definition) is 4. The summed E-state index contributed by atoms with van der Waals surface area (Å²) in [6.07, 6.45) is 0. The number of fused-ring (bicyclic) bond motifs is 1. The monoisotopic (exact) mass is 329 g/mol. The lowest BCUT2D eigenvalue weighted by Gasteiger charge is -2.16. The zero-order valence-electron chi connectivity index (χ0n) is 13.3. The fraction of sp³-hybridized carbons (Fsp3) is 0.294. The van der Waals surface area contributed by atoms with Crippen molar-refractivity contribution in [1.29, 1.82) is 0 Å². The Kier molecular flexibility index (Phi) is 4.09. The minimum atomic E-state index is -0.393. The van der Waals surface area contributed by atoms with E-state index in [0.29, 0.717) is 5.82 Å². The second kappa shape index (κ2) is 6.04. The van der Waals surface area contributed by atoms with Crippen molar-refractivity contribution >= 4 is 27.2 Å². The van der Waals surface area contributed by atoms with E-state index in [4.69, 9.17) is 0 Å². The van der Waals surface area contributed by atoms with Gasteiger partial charge in [-0.1, -0.05) is 12.1 Å². The van der Waals surface area contributed by atoms with E-state index in [2.05, 4.69) is 39.9 Å². The molecule has 0 saturated carbocycles. The van der Waals surface area contributed by atoms with E-state index in [-0.39, 0.29) is 17.6 Å². The molecule has 0 fully saturated rings. The van der Waals surface area contributed by atoms with Crippen molar-refractivity contribution in [2.45, 2.75) is 32.9 Å². The van der Waals surface area contributed by atoms with Crippen LogP contribution in [0.3, 0.4) is 0 Å². The van der Waals surface area contributed by atoms with E-state index in [1.54, 1.807) is 11.3 Å². The number of aromatic amines is 1. The first-order chi connectivity index (χ1) is 11.0. The molecule has 2 N–H and O–H groups in total. The summed E-state index contributed by atoms with van der Waals surface area (Å²) in [7, 11) is 0. The lowest BCUT2D eigenvalue weighted by atomic mass is 10.1. The molecule has 23 heavy (non-hydrogen) atoms. The second-order valence-corrected chi connectivity index (χ2v) is 6.82. The Morgan fingerprint density at radius 1 is 1.13 bits per heavy atom. The lowest BCUT2D eigenvalue weighted by molar-refractivity contribution is 0.546. The van der Waals surface area contributed by atoms with Crippen LogP contribution in [0.5, 0.6) is 0 Å². The van der Waals surface area contributed by atoms with Crippen LogP contribution in [0, 0.1) is 0 Å². The third-order valence-corrected chi connectivity index (χ3v) is 4.71. The smallest absolute Gasteiger partial charge is 0.330 e. The number of anilines is 1. The van der Waals surface area contributed by atoms with Gasteiger partial charge in [0.1, 0.15) is 5.82 Å². The van der Waals surface area contributed by atoms with Gasteiger partial charge in [-0.2, -0.15) is 0 Å². The van der Waals surface area contributed by atoms with Crippen LogP contribution in [0.25, 0.3) is 10.1 Å². The van der Waals surface area contributed by atoms with E-state index in [1.807, 2.05) is 20.8 Å². The lowest BCUT2D eigenvalue weighted by Crippen LogP contribution is -2.36. The molecule has 120 valence electrons. The minimum absolute atomic E-state index is 0.0218. The standard InChI is InChI=1S/C17H19N3O2S/c1-10(2)20-16(21)9-15(19-17(20)22)18-11(3)13-5-4-12-6-7-23-14(12)8-13/h4-11,18H,1-3H3,(H,19,22)/t11-/m0/s1. The van der Waals surface area contributed by atoms with Gasteiger partial charge in [0.05, 0.1) is 0 Å². The summed E-state index contributed by atoms with van der Waals surface area (Å²) in [6, 6.07) is 9.60. The molecule has 0 aliphatic rings. The van der Waals surface area contributed by atoms with Gasteiger partial charge in [-0.25, -0.2) is 4.79 Å². The Bertz CT molecular complexity index is 921. The Hall–Kier alpha value is -2.34. The van der Waals surface area contributed by atoms with Crippen LogP contribution in [-0.4, -0.2) is 9.55 Å². The molecule has 0 unspecified atom stereocenters. The van der Waals surface area contributed by atoms with Gasteiger partial charge in [-0.05, 0) is 49.2 Å². The van der Waals surface area contributed by atoms with E-state index in [0.717, 1.165) is 5.56 Å². The van der Waals surface area contributed by atoms with E-state index in [1.165, 1.54) is 20.7 Å². The quantitative estimate of drug-likeness (QED) is 0.770. The molecule has 2 aromatic heterocycles. The highest BCUT2D eigenvalue weighted by molar-refractivity contribution is 7.17. The molecular formula is C17H19N3O2S. The predicted molar refractivity (Wildman–Crippen MR) is 95.6 cm³/mol. The molecule has 1 aromatic carbocycles. The summed E-state index contributed by atoms with van der Waals surface area (Å²) in [6.45, 7) is 5.62. The van der Waals surface area contributed by atoms with Crippen LogP contribution in [0.1, 0.15) is 38.4 Å². The van der Waals surface area contributed by atoms with Crippen molar-refractivity contribution in [2.24, 2.45) is 0 Å². The summed E-state index contributed by atoms with van der Waals surface area (Å²) in [4.78, 5) is 26.8. The fourth-order valence-electron chi connectivity index (χ4n) is 2.63. The van der Waals surface area contributed by atoms with Crippen LogP contribution >= 0.6 is 11.3 Å². The molecule has 0 aliphatic heterocycles. The highest BCUT2D eigenvalue weighted by atomic mass is 32.1. The van der Waals surface area contributed by atoms with E-state index < -0.39 is 5.69 Å². The number of H-pyrrole nitrogens is 1. The maximum atomic E-state index is 12.1. The Balaban J connectivity index is 1.89. The molecule has 0 spiro atoms. The number of thiophene rings is 1. The fourth-order valence-corrected chi connectivity index (χ4v) is 3.47. The number of hydrogen-bond donors (Lipinski definition) is 2. The van der Waals surface area contributed by atoms with Gasteiger partial charge in [-0.3, -0.25) is 14.3 Å². The molecule has 0 aliphatic carbocycles. The molecule has 0 amide bonds. The summed E-state index contributed by atoms with van der Waals surface area (Å²) in [5.74, 6) is 0.440. The Morgan fingerprint density at radius 2 is 1.91 bits per heavy atom. The topological polar surface area (TPSA) is 66.9 Å². The first-order valence-electron chi connectivity index (χ1n) is 7.55. The zero-order valence-corrected chi connectivity index (χ0v) is 14.1. The van der Waals surface area contributed by atoms with Gasteiger partial charge in [0, 0.05) is 22.8 Å². The molecule has 2 heterocycles. The average molecular weight is 329 g/mol. The van der Waals surface area contributed by atoms with Gasteiger partial charge < -0.3 is 5.32 Å². The summed E-state index contributed by atoms with van der Waals surface area (Å²) < 4.78 is 2.42. The zero-order chi connectivity index (χ0) is 16.6. The predicted octanol–water partition coefficient (Wildman–Crippen LogP) is 3.51.